The lowest BCUT2D eigenvalue weighted by Crippen LogP contribution is -2.33. The van der Waals surface area contributed by atoms with Gasteiger partial charge in [0.1, 0.15) is 4.21 Å². The highest BCUT2D eigenvalue weighted by Crippen LogP contribution is 2.40. The molecule has 1 fully saturated rings. The van der Waals surface area contributed by atoms with Crippen LogP contribution >= 0.6 is 39.0 Å². The fourth-order valence-corrected chi connectivity index (χ4v) is 5.36. The number of halogens is 1. The third-order valence-electron chi connectivity index (χ3n) is 3.92. The number of nitriles is 1. The summed E-state index contributed by atoms with van der Waals surface area (Å²) in [7, 11) is 0. The molecule has 0 spiro atoms. The van der Waals surface area contributed by atoms with E-state index in [2.05, 4.69) is 45.8 Å². The lowest BCUT2D eigenvalue weighted by Gasteiger charge is -2.30. The maximum atomic E-state index is 9.10. The molecule has 3 heterocycles. The largest absolute Gasteiger partial charge is 0.355 e. The van der Waals surface area contributed by atoms with E-state index in [0.29, 0.717) is 5.25 Å². The maximum absolute atomic E-state index is 9.10. The quantitative estimate of drug-likeness (QED) is 0.667. The molecule has 0 saturated carbocycles. The van der Waals surface area contributed by atoms with E-state index < -0.39 is 0 Å². The van der Waals surface area contributed by atoms with Crippen LogP contribution in [-0.2, 0) is 0 Å². The normalized spacial score (nSPS) is 15.9. The predicted molar refractivity (Wildman–Crippen MR) is 103 cm³/mol. The zero-order valence-corrected chi connectivity index (χ0v) is 17.2. The average molecular weight is 426 g/mol. The van der Waals surface area contributed by atoms with Crippen LogP contribution in [0, 0.1) is 24.2 Å². The zero-order valence-electron chi connectivity index (χ0n) is 14.0. The highest BCUT2D eigenvalue weighted by atomic mass is 79.9. The van der Waals surface area contributed by atoms with E-state index in [1.165, 1.54) is 4.21 Å². The van der Waals surface area contributed by atoms with Crippen molar-refractivity contribution < 1.29 is 0 Å². The average Bonchev–Trinajstić information content (AvgIpc) is 3.11. The van der Waals surface area contributed by atoms with E-state index in [9.17, 15) is 0 Å². The number of thiazole rings is 1. The molecule has 3 rings (SSSR count). The monoisotopic (exact) mass is 425 g/mol. The fraction of sp³-hybridized carbons (Fsp3) is 0.562. The maximum Gasteiger partial charge on any atom is 0.213 e. The highest BCUT2D eigenvalue weighted by molar-refractivity contribution is 9.10. The molecule has 2 aromatic heterocycles. The topological polar surface area (TPSA) is 57.7 Å². The lowest BCUT2D eigenvalue weighted by atomic mass is 9.99. The van der Waals surface area contributed by atoms with Gasteiger partial charge in [0.05, 0.1) is 16.2 Å². The van der Waals surface area contributed by atoms with Gasteiger partial charge in [0.2, 0.25) is 5.13 Å². The molecule has 0 N–H and O–H groups in total. The smallest absolute Gasteiger partial charge is 0.213 e. The second-order valence-electron chi connectivity index (χ2n) is 6.17. The molecular formula is C16H20BrN5S2. The zero-order chi connectivity index (χ0) is 17.3. The summed E-state index contributed by atoms with van der Waals surface area (Å²) in [4.78, 5) is 7.21. The molecule has 2 aromatic rings. The Hall–Kier alpha value is -1.04. The number of piperidine rings is 1. The third-order valence-corrected chi connectivity index (χ3v) is 6.94. The molecule has 1 aliphatic heterocycles. The van der Waals surface area contributed by atoms with Crippen molar-refractivity contribution >= 4 is 44.8 Å². The summed E-state index contributed by atoms with van der Waals surface area (Å²) >= 11 is 7.05. The van der Waals surface area contributed by atoms with Crippen LogP contribution in [0.15, 0.2) is 14.9 Å². The van der Waals surface area contributed by atoms with Crippen molar-refractivity contribution in [1.82, 2.24) is 14.8 Å². The van der Waals surface area contributed by atoms with Crippen molar-refractivity contribution in [3.8, 4) is 11.2 Å². The molecule has 1 saturated heterocycles. The predicted octanol–water partition coefficient (Wildman–Crippen LogP) is 4.64. The van der Waals surface area contributed by atoms with Crippen LogP contribution in [0.25, 0.3) is 5.13 Å². The number of hydrogen-bond acceptors (Lipinski definition) is 6. The van der Waals surface area contributed by atoms with Crippen molar-refractivity contribution in [3.05, 3.63) is 16.4 Å². The van der Waals surface area contributed by atoms with Gasteiger partial charge < -0.3 is 4.90 Å². The minimum Gasteiger partial charge on any atom is -0.355 e. The van der Waals surface area contributed by atoms with Crippen LogP contribution in [0.1, 0.15) is 32.4 Å². The van der Waals surface area contributed by atoms with Gasteiger partial charge in [-0.2, -0.15) is 15.3 Å². The van der Waals surface area contributed by atoms with E-state index in [1.54, 1.807) is 11.3 Å². The Bertz CT molecular complexity index is 734. The van der Waals surface area contributed by atoms with Gasteiger partial charge in [-0.05, 0) is 35.7 Å². The van der Waals surface area contributed by atoms with E-state index >= 15 is 0 Å². The minimum atomic E-state index is 0.185. The second-order valence-corrected chi connectivity index (χ2v) is 9.85. The van der Waals surface area contributed by atoms with Gasteiger partial charge in [0.25, 0.3) is 0 Å². The summed E-state index contributed by atoms with van der Waals surface area (Å²) < 4.78 is 4.08. The summed E-state index contributed by atoms with van der Waals surface area (Å²) in [6.45, 7) is 8.17. The van der Waals surface area contributed by atoms with Crippen molar-refractivity contribution in [3.63, 3.8) is 0 Å². The van der Waals surface area contributed by atoms with Gasteiger partial charge in [-0.3, -0.25) is 0 Å². The van der Waals surface area contributed by atoms with Crippen LogP contribution in [0.4, 0.5) is 5.82 Å². The van der Waals surface area contributed by atoms with Crippen LogP contribution in [-0.4, -0.2) is 33.1 Å². The summed E-state index contributed by atoms with van der Waals surface area (Å²) in [6, 6.07) is 2.39. The number of nitrogens with zero attached hydrogens (tertiary/aromatic N) is 5. The first-order valence-corrected chi connectivity index (χ1v) is 10.5. The molecular weight excluding hydrogens is 406 g/mol. The standard InChI is InChI=1S/C16H20BrN5S2/c1-10(2)23-15-14(21-6-4-12(8-18)5-7-21)19-16(24-15)22-9-13(17)11(3)20-22/h9-10,12H,4-7H2,1-3H3. The number of aromatic nitrogens is 3. The number of thioether (sulfide) groups is 1. The van der Waals surface area contributed by atoms with Gasteiger partial charge in [-0.15, -0.1) is 11.8 Å². The summed E-state index contributed by atoms with van der Waals surface area (Å²) in [5.41, 5.74) is 0.958. The van der Waals surface area contributed by atoms with Crippen molar-refractivity contribution in [1.29, 1.82) is 5.26 Å². The molecule has 0 unspecified atom stereocenters. The van der Waals surface area contributed by atoms with E-state index in [4.69, 9.17) is 10.2 Å². The number of rotatable bonds is 4. The first-order valence-electron chi connectivity index (χ1n) is 8.02. The minimum absolute atomic E-state index is 0.185. The SMILES string of the molecule is Cc1nn(-c2nc(N3CCC(C#N)CC3)c(SC(C)C)s2)cc1Br. The fourth-order valence-electron chi connectivity index (χ4n) is 2.63. The molecule has 24 heavy (non-hydrogen) atoms. The highest BCUT2D eigenvalue weighted by Gasteiger charge is 2.25. The second kappa shape index (κ2) is 7.46. The molecule has 0 bridgehead atoms. The van der Waals surface area contributed by atoms with Gasteiger partial charge in [0, 0.05) is 30.5 Å². The van der Waals surface area contributed by atoms with Crippen LogP contribution in [0.5, 0.6) is 0 Å². The molecule has 0 radical (unpaired) electrons. The molecule has 128 valence electrons. The summed E-state index contributed by atoms with van der Waals surface area (Å²) in [5, 5.41) is 15.0. The summed E-state index contributed by atoms with van der Waals surface area (Å²) in [6.07, 6.45) is 3.80. The van der Waals surface area contributed by atoms with Crippen molar-refractivity contribution in [2.24, 2.45) is 5.92 Å². The van der Waals surface area contributed by atoms with E-state index in [1.807, 2.05) is 29.6 Å². The first-order chi connectivity index (χ1) is 11.5. The van der Waals surface area contributed by atoms with Crippen molar-refractivity contribution in [2.75, 3.05) is 18.0 Å². The molecule has 0 aliphatic carbocycles. The van der Waals surface area contributed by atoms with Gasteiger partial charge in [-0.1, -0.05) is 25.2 Å². The van der Waals surface area contributed by atoms with Crippen molar-refractivity contribution in [2.45, 2.75) is 43.1 Å². The first kappa shape index (κ1) is 17.8. The van der Waals surface area contributed by atoms with Crippen LogP contribution in [0.2, 0.25) is 0 Å². The molecule has 0 atom stereocenters. The Morgan fingerprint density at radius 1 is 1.42 bits per heavy atom. The van der Waals surface area contributed by atoms with Crippen LogP contribution < -0.4 is 4.90 Å². The van der Waals surface area contributed by atoms with E-state index in [0.717, 1.165) is 47.0 Å². The number of anilines is 1. The Labute approximate surface area is 159 Å². The molecule has 0 aromatic carbocycles. The third kappa shape index (κ3) is 3.79. The lowest BCUT2D eigenvalue weighted by molar-refractivity contribution is 0.484. The van der Waals surface area contributed by atoms with Gasteiger partial charge >= 0.3 is 0 Å². The Morgan fingerprint density at radius 2 is 2.12 bits per heavy atom. The Kier molecular flexibility index (Phi) is 5.52. The number of aryl methyl sites for hydroxylation is 1. The summed E-state index contributed by atoms with van der Waals surface area (Å²) in [5.74, 6) is 1.24. The Balaban J connectivity index is 1.91. The number of hydrogen-bond donors (Lipinski definition) is 0. The molecule has 1 aliphatic rings. The van der Waals surface area contributed by atoms with Gasteiger partial charge in [0.15, 0.2) is 5.82 Å². The Morgan fingerprint density at radius 3 is 2.67 bits per heavy atom. The van der Waals surface area contributed by atoms with Crippen LogP contribution in [0.3, 0.4) is 0 Å². The molecule has 0 amide bonds. The molecule has 8 heteroatoms. The molecule has 5 nitrogen and oxygen atoms in total. The van der Waals surface area contributed by atoms with Gasteiger partial charge in [-0.25, -0.2) is 4.68 Å². The van der Waals surface area contributed by atoms with E-state index in [-0.39, 0.29) is 5.92 Å².